The Kier molecular flexibility index (Phi) is 4.33. The predicted octanol–water partition coefficient (Wildman–Crippen LogP) is 1.93. The van der Waals surface area contributed by atoms with Gasteiger partial charge in [-0.25, -0.2) is 0 Å². The molecule has 2 fully saturated rings. The summed E-state index contributed by atoms with van der Waals surface area (Å²) in [5, 5.41) is 7.63. The van der Waals surface area contributed by atoms with Crippen molar-refractivity contribution in [1.82, 2.24) is 15.5 Å². The zero-order valence-corrected chi connectivity index (χ0v) is 12.1. The zero-order valence-electron chi connectivity index (χ0n) is 12.1. The Bertz CT molecular complexity index is 418. The Morgan fingerprint density at radius 2 is 2.20 bits per heavy atom. The maximum atomic E-state index is 5.97. The highest BCUT2D eigenvalue weighted by Crippen LogP contribution is 2.35. The van der Waals surface area contributed by atoms with Crippen LogP contribution in [0, 0.1) is 0 Å². The van der Waals surface area contributed by atoms with E-state index in [2.05, 4.69) is 15.5 Å². The lowest BCUT2D eigenvalue weighted by atomic mass is 9.93. The molecule has 112 valence electrons. The highest BCUT2D eigenvalue weighted by molar-refractivity contribution is 5.05. The number of nitrogens with one attached hydrogen (secondary N) is 1. The molecule has 0 bridgehead atoms. The van der Waals surface area contributed by atoms with E-state index in [1.54, 1.807) is 0 Å². The van der Waals surface area contributed by atoms with Crippen molar-refractivity contribution in [2.75, 3.05) is 26.4 Å². The lowest BCUT2D eigenvalue weighted by Gasteiger charge is -2.33. The van der Waals surface area contributed by atoms with Gasteiger partial charge >= 0.3 is 0 Å². The smallest absolute Gasteiger partial charge is 0.243 e. The van der Waals surface area contributed by atoms with Crippen LogP contribution in [0.25, 0.3) is 0 Å². The molecule has 1 aromatic heterocycles. The monoisotopic (exact) mass is 281 g/mol. The van der Waals surface area contributed by atoms with E-state index < -0.39 is 5.60 Å². The molecule has 1 aromatic rings. The number of rotatable bonds is 4. The standard InChI is InChI=1S/C14H23N3O3/c1-2-19-14(6-9-18-10-7-14)13-16-12(20-17-13)11-5-3-4-8-15-11/h11,15H,2-10H2,1H3. The van der Waals surface area contributed by atoms with Crippen molar-refractivity contribution in [3.8, 4) is 0 Å². The molecule has 0 amide bonds. The molecule has 1 atom stereocenters. The first-order valence-electron chi connectivity index (χ1n) is 7.63. The van der Waals surface area contributed by atoms with Crippen LogP contribution < -0.4 is 5.32 Å². The molecule has 0 spiro atoms. The van der Waals surface area contributed by atoms with E-state index >= 15 is 0 Å². The number of piperidine rings is 1. The normalized spacial score (nSPS) is 26.6. The SMILES string of the molecule is CCOC1(c2noc(C3CCCCN3)n2)CCOCC1. The summed E-state index contributed by atoms with van der Waals surface area (Å²) >= 11 is 0. The van der Waals surface area contributed by atoms with Gasteiger partial charge in [-0.2, -0.15) is 4.98 Å². The van der Waals surface area contributed by atoms with E-state index in [1.165, 1.54) is 12.8 Å². The topological polar surface area (TPSA) is 69.4 Å². The Morgan fingerprint density at radius 3 is 2.90 bits per heavy atom. The van der Waals surface area contributed by atoms with Crippen LogP contribution in [-0.4, -0.2) is 36.5 Å². The van der Waals surface area contributed by atoms with E-state index in [9.17, 15) is 0 Å². The summed E-state index contributed by atoms with van der Waals surface area (Å²) in [7, 11) is 0. The van der Waals surface area contributed by atoms with E-state index in [-0.39, 0.29) is 6.04 Å². The molecule has 2 aliphatic heterocycles. The molecule has 3 heterocycles. The van der Waals surface area contributed by atoms with Gasteiger partial charge in [0, 0.05) is 32.7 Å². The lowest BCUT2D eigenvalue weighted by Crippen LogP contribution is -2.37. The van der Waals surface area contributed by atoms with Crippen molar-refractivity contribution in [2.45, 2.75) is 50.7 Å². The minimum atomic E-state index is -0.427. The molecule has 20 heavy (non-hydrogen) atoms. The van der Waals surface area contributed by atoms with Crippen LogP contribution in [0.3, 0.4) is 0 Å². The molecule has 0 aromatic carbocycles. The minimum Gasteiger partial charge on any atom is -0.381 e. The molecule has 2 saturated heterocycles. The third kappa shape index (κ3) is 2.73. The quantitative estimate of drug-likeness (QED) is 0.909. The highest BCUT2D eigenvalue weighted by atomic mass is 16.5. The maximum Gasteiger partial charge on any atom is 0.243 e. The summed E-state index contributed by atoms with van der Waals surface area (Å²) in [6.45, 7) is 5.04. The van der Waals surface area contributed by atoms with Crippen LogP contribution in [0.2, 0.25) is 0 Å². The molecule has 0 radical (unpaired) electrons. The number of hydrogen-bond acceptors (Lipinski definition) is 6. The summed E-state index contributed by atoms with van der Waals surface area (Å²) in [5.41, 5.74) is -0.427. The van der Waals surface area contributed by atoms with Crippen molar-refractivity contribution in [2.24, 2.45) is 0 Å². The molecule has 1 unspecified atom stereocenters. The van der Waals surface area contributed by atoms with Crippen LogP contribution in [0.15, 0.2) is 4.52 Å². The molecule has 0 saturated carbocycles. The second-order valence-corrected chi connectivity index (χ2v) is 5.50. The minimum absolute atomic E-state index is 0.198. The van der Waals surface area contributed by atoms with E-state index in [4.69, 9.17) is 14.0 Å². The van der Waals surface area contributed by atoms with Crippen molar-refractivity contribution < 1.29 is 14.0 Å². The van der Waals surface area contributed by atoms with Crippen molar-refractivity contribution in [3.05, 3.63) is 11.7 Å². The summed E-state index contributed by atoms with van der Waals surface area (Å²) in [6.07, 6.45) is 5.07. The molecule has 3 rings (SSSR count). The average Bonchev–Trinajstić information content (AvgIpc) is 3.00. The molecular formula is C14H23N3O3. The van der Waals surface area contributed by atoms with Crippen LogP contribution in [0.4, 0.5) is 0 Å². The second-order valence-electron chi connectivity index (χ2n) is 5.50. The van der Waals surface area contributed by atoms with E-state index in [1.807, 2.05) is 6.92 Å². The number of ether oxygens (including phenoxy) is 2. The number of aromatic nitrogens is 2. The first-order chi connectivity index (χ1) is 9.84. The van der Waals surface area contributed by atoms with Crippen LogP contribution in [-0.2, 0) is 15.1 Å². The summed E-state index contributed by atoms with van der Waals surface area (Å²) in [6, 6.07) is 0.198. The first kappa shape index (κ1) is 14.0. The lowest BCUT2D eigenvalue weighted by molar-refractivity contribution is -0.118. The van der Waals surface area contributed by atoms with E-state index in [0.717, 1.165) is 25.8 Å². The summed E-state index contributed by atoms with van der Waals surface area (Å²) in [5.74, 6) is 1.38. The summed E-state index contributed by atoms with van der Waals surface area (Å²) in [4.78, 5) is 4.63. The second kappa shape index (κ2) is 6.20. The van der Waals surface area contributed by atoms with Gasteiger partial charge in [-0.1, -0.05) is 11.6 Å². The molecule has 6 nitrogen and oxygen atoms in total. The van der Waals surface area contributed by atoms with Gasteiger partial charge in [-0.3, -0.25) is 0 Å². The Hall–Kier alpha value is -0.980. The highest BCUT2D eigenvalue weighted by Gasteiger charge is 2.40. The van der Waals surface area contributed by atoms with Gasteiger partial charge in [-0.15, -0.1) is 0 Å². The average molecular weight is 281 g/mol. The van der Waals surface area contributed by atoms with Crippen LogP contribution in [0.5, 0.6) is 0 Å². The molecule has 1 N–H and O–H groups in total. The number of hydrogen-bond donors (Lipinski definition) is 1. The van der Waals surface area contributed by atoms with Crippen molar-refractivity contribution in [1.29, 1.82) is 0 Å². The Labute approximate surface area is 119 Å². The van der Waals surface area contributed by atoms with Gasteiger partial charge in [0.2, 0.25) is 11.7 Å². The van der Waals surface area contributed by atoms with Gasteiger partial charge in [0.15, 0.2) is 0 Å². The largest absolute Gasteiger partial charge is 0.381 e. The van der Waals surface area contributed by atoms with Gasteiger partial charge in [0.25, 0.3) is 0 Å². The van der Waals surface area contributed by atoms with Crippen molar-refractivity contribution >= 4 is 0 Å². The van der Waals surface area contributed by atoms with Crippen LogP contribution in [0.1, 0.15) is 56.8 Å². The molecule has 2 aliphatic rings. The van der Waals surface area contributed by atoms with Crippen molar-refractivity contribution in [3.63, 3.8) is 0 Å². The van der Waals surface area contributed by atoms with Gasteiger partial charge in [-0.05, 0) is 26.3 Å². The Balaban J connectivity index is 1.79. The van der Waals surface area contributed by atoms with E-state index in [0.29, 0.717) is 31.5 Å². The third-order valence-corrected chi connectivity index (χ3v) is 4.18. The van der Waals surface area contributed by atoms with Gasteiger partial charge in [0.1, 0.15) is 5.60 Å². The summed E-state index contributed by atoms with van der Waals surface area (Å²) < 4.78 is 16.9. The third-order valence-electron chi connectivity index (χ3n) is 4.18. The van der Waals surface area contributed by atoms with Gasteiger partial charge < -0.3 is 19.3 Å². The fourth-order valence-corrected chi connectivity index (χ4v) is 3.03. The zero-order chi connectivity index (χ0) is 13.8. The number of nitrogens with zero attached hydrogens (tertiary/aromatic N) is 2. The Morgan fingerprint density at radius 1 is 1.35 bits per heavy atom. The first-order valence-corrected chi connectivity index (χ1v) is 7.63. The van der Waals surface area contributed by atoms with Crippen LogP contribution >= 0.6 is 0 Å². The fourth-order valence-electron chi connectivity index (χ4n) is 3.03. The maximum absolute atomic E-state index is 5.97. The predicted molar refractivity (Wildman–Crippen MR) is 72.2 cm³/mol. The molecule has 0 aliphatic carbocycles. The van der Waals surface area contributed by atoms with Gasteiger partial charge in [0.05, 0.1) is 6.04 Å². The fraction of sp³-hybridized carbons (Fsp3) is 0.857. The molecular weight excluding hydrogens is 258 g/mol. The molecule has 6 heteroatoms.